The van der Waals surface area contributed by atoms with Crippen molar-refractivity contribution < 1.29 is 9.90 Å². The van der Waals surface area contributed by atoms with Gasteiger partial charge in [-0.05, 0) is 36.1 Å². The Morgan fingerprint density at radius 3 is 3.00 bits per heavy atom. The standard InChI is InChI=1S/C11H15NO2S2/c1-15-11(3-4-11)7-12-6-8-2-5-16-9(8)10(13)14/h2,5,12H,3-4,6-7H2,1H3,(H,13,14). The predicted octanol–water partition coefficient (Wildman–Crippen LogP) is 2.43. The summed E-state index contributed by atoms with van der Waals surface area (Å²) in [7, 11) is 0. The number of aromatic carboxylic acids is 1. The summed E-state index contributed by atoms with van der Waals surface area (Å²) in [5.74, 6) is -0.821. The van der Waals surface area contributed by atoms with Gasteiger partial charge in [0.15, 0.2) is 0 Å². The van der Waals surface area contributed by atoms with E-state index >= 15 is 0 Å². The molecule has 0 radical (unpaired) electrons. The summed E-state index contributed by atoms with van der Waals surface area (Å²) in [5.41, 5.74) is 0.898. The second-order valence-electron chi connectivity index (χ2n) is 4.07. The van der Waals surface area contributed by atoms with Crippen LogP contribution in [0.2, 0.25) is 0 Å². The van der Waals surface area contributed by atoms with Crippen LogP contribution in [0, 0.1) is 0 Å². The molecular formula is C11H15NO2S2. The average Bonchev–Trinajstić information content (AvgIpc) is 2.88. The van der Waals surface area contributed by atoms with Crippen molar-refractivity contribution in [2.24, 2.45) is 0 Å². The molecule has 0 spiro atoms. The zero-order chi connectivity index (χ0) is 11.6. The number of nitrogens with one attached hydrogen (secondary N) is 1. The lowest BCUT2D eigenvalue weighted by Gasteiger charge is -2.12. The van der Waals surface area contributed by atoms with Gasteiger partial charge in [0.1, 0.15) is 4.88 Å². The average molecular weight is 257 g/mol. The number of thioether (sulfide) groups is 1. The smallest absolute Gasteiger partial charge is 0.346 e. The molecule has 2 rings (SSSR count). The first-order valence-corrected chi connectivity index (χ1v) is 7.33. The lowest BCUT2D eigenvalue weighted by atomic mass is 10.2. The first kappa shape index (κ1) is 12.0. The molecule has 0 bridgehead atoms. The summed E-state index contributed by atoms with van der Waals surface area (Å²) in [6.45, 7) is 1.64. The summed E-state index contributed by atoms with van der Waals surface area (Å²) < 4.78 is 0.430. The highest BCUT2D eigenvalue weighted by molar-refractivity contribution is 8.00. The van der Waals surface area contributed by atoms with E-state index in [9.17, 15) is 4.79 Å². The summed E-state index contributed by atoms with van der Waals surface area (Å²) in [5, 5.41) is 14.1. The van der Waals surface area contributed by atoms with E-state index in [4.69, 9.17) is 5.11 Å². The van der Waals surface area contributed by atoms with Crippen molar-refractivity contribution >= 4 is 29.1 Å². The Morgan fingerprint density at radius 1 is 1.69 bits per heavy atom. The molecule has 1 saturated carbocycles. The lowest BCUT2D eigenvalue weighted by Crippen LogP contribution is -2.25. The zero-order valence-corrected chi connectivity index (χ0v) is 10.8. The molecule has 1 aliphatic carbocycles. The molecule has 16 heavy (non-hydrogen) atoms. The first-order chi connectivity index (χ1) is 7.67. The van der Waals surface area contributed by atoms with Crippen LogP contribution >= 0.6 is 23.1 Å². The van der Waals surface area contributed by atoms with Crippen LogP contribution in [0.15, 0.2) is 11.4 Å². The van der Waals surface area contributed by atoms with Crippen LogP contribution in [-0.2, 0) is 6.54 Å². The quantitative estimate of drug-likeness (QED) is 0.822. The summed E-state index contributed by atoms with van der Waals surface area (Å²) in [6, 6.07) is 1.89. The van der Waals surface area contributed by atoms with Crippen LogP contribution in [-0.4, -0.2) is 28.6 Å². The van der Waals surface area contributed by atoms with E-state index in [-0.39, 0.29) is 0 Å². The fourth-order valence-corrected chi connectivity index (χ4v) is 3.20. The van der Waals surface area contributed by atoms with Crippen molar-refractivity contribution in [3.05, 3.63) is 21.9 Å². The molecule has 0 unspecified atom stereocenters. The maximum absolute atomic E-state index is 10.9. The van der Waals surface area contributed by atoms with E-state index in [1.165, 1.54) is 24.2 Å². The molecule has 1 heterocycles. The van der Waals surface area contributed by atoms with Crippen molar-refractivity contribution in [3.8, 4) is 0 Å². The van der Waals surface area contributed by atoms with Gasteiger partial charge < -0.3 is 10.4 Å². The van der Waals surface area contributed by atoms with Crippen LogP contribution in [0.5, 0.6) is 0 Å². The van der Waals surface area contributed by atoms with Gasteiger partial charge in [-0.15, -0.1) is 11.3 Å². The fraction of sp³-hybridized carbons (Fsp3) is 0.545. The Labute approximate surface area is 103 Å². The second kappa shape index (κ2) is 4.77. The molecule has 0 aromatic carbocycles. The molecule has 1 fully saturated rings. The van der Waals surface area contributed by atoms with E-state index in [1.54, 1.807) is 0 Å². The third-order valence-electron chi connectivity index (χ3n) is 2.94. The van der Waals surface area contributed by atoms with Crippen LogP contribution in [0.25, 0.3) is 0 Å². The Morgan fingerprint density at radius 2 is 2.44 bits per heavy atom. The van der Waals surface area contributed by atoms with E-state index in [0.29, 0.717) is 16.2 Å². The van der Waals surface area contributed by atoms with Gasteiger partial charge in [0.2, 0.25) is 0 Å². The zero-order valence-electron chi connectivity index (χ0n) is 9.16. The SMILES string of the molecule is CSC1(CNCc2ccsc2C(=O)O)CC1. The summed E-state index contributed by atoms with van der Waals surface area (Å²) in [6.07, 6.45) is 4.69. The second-order valence-corrected chi connectivity index (χ2v) is 6.26. The minimum Gasteiger partial charge on any atom is -0.477 e. The third kappa shape index (κ3) is 2.59. The van der Waals surface area contributed by atoms with Gasteiger partial charge in [-0.25, -0.2) is 4.79 Å². The first-order valence-electron chi connectivity index (χ1n) is 5.22. The maximum atomic E-state index is 10.9. The summed E-state index contributed by atoms with van der Waals surface area (Å²) in [4.78, 5) is 11.3. The van der Waals surface area contributed by atoms with Crippen LogP contribution in [0.4, 0.5) is 0 Å². The minimum absolute atomic E-state index is 0.430. The molecule has 0 saturated heterocycles. The topological polar surface area (TPSA) is 49.3 Å². The van der Waals surface area contributed by atoms with E-state index in [2.05, 4.69) is 11.6 Å². The molecule has 0 atom stereocenters. The van der Waals surface area contributed by atoms with Crippen LogP contribution in [0.3, 0.4) is 0 Å². The van der Waals surface area contributed by atoms with Gasteiger partial charge in [0.05, 0.1) is 0 Å². The van der Waals surface area contributed by atoms with E-state index in [1.807, 2.05) is 23.2 Å². The molecule has 1 aromatic rings. The number of carboxylic acids is 1. The molecule has 5 heteroatoms. The van der Waals surface area contributed by atoms with Gasteiger partial charge in [-0.2, -0.15) is 11.8 Å². The highest BCUT2D eigenvalue weighted by Gasteiger charge is 2.41. The molecule has 1 aliphatic rings. The van der Waals surface area contributed by atoms with Gasteiger partial charge >= 0.3 is 5.97 Å². The van der Waals surface area contributed by atoms with Crippen LogP contribution in [0.1, 0.15) is 28.1 Å². The van der Waals surface area contributed by atoms with Crippen molar-refractivity contribution in [1.29, 1.82) is 0 Å². The van der Waals surface area contributed by atoms with Gasteiger partial charge in [0, 0.05) is 17.8 Å². The molecule has 0 aliphatic heterocycles. The van der Waals surface area contributed by atoms with Gasteiger partial charge in [-0.3, -0.25) is 0 Å². The predicted molar refractivity (Wildman–Crippen MR) is 68.5 cm³/mol. The molecule has 2 N–H and O–H groups in total. The Bertz CT molecular complexity index is 385. The Kier molecular flexibility index (Phi) is 3.56. The largest absolute Gasteiger partial charge is 0.477 e. The highest BCUT2D eigenvalue weighted by atomic mass is 32.2. The Hall–Kier alpha value is -0.520. The summed E-state index contributed by atoms with van der Waals surface area (Å²) >= 11 is 3.20. The monoisotopic (exact) mass is 257 g/mol. The number of carbonyl (C=O) groups is 1. The minimum atomic E-state index is -0.821. The normalized spacial score (nSPS) is 17.3. The molecule has 0 amide bonds. The maximum Gasteiger partial charge on any atom is 0.346 e. The van der Waals surface area contributed by atoms with Gasteiger partial charge in [0.25, 0.3) is 0 Å². The molecule has 3 nitrogen and oxygen atoms in total. The number of hydrogen-bond donors (Lipinski definition) is 2. The van der Waals surface area contributed by atoms with Crippen molar-refractivity contribution in [3.63, 3.8) is 0 Å². The Balaban J connectivity index is 1.85. The lowest BCUT2D eigenvalue weighted by molar-refractivity contribution is 0.0701. The molecular weight excluding hydrogens is 242 g/mol. The number of rotatable bonds is 6. The van der Waals surface area contributed by atoms with Crippen molar-refractivity contribution in [1.82, 2.24) is 5.32 Å². The fourth-order valence-electron chi connectivity index (χ4n) is 1.68. The van der Waals surface area contributed by atoms with E-state index < -0.39 is 5.97 Å². The van der Waals surface area contributed by atoms with E-state index in [0.717, 1.165) is 12.1 Å². The van der Waals surface area contributed by atoms with Gasteiger partial charge in [-0.1, -0.05) is 0 Å². The number of hydrogen-bond acceptors (Lipinski definition) is 4. The highest BCUT2D eigenvalue weighted by Crippen LogP contribution is 2.46. The number of carboxylic acid groups (broad SMARTS) is 1. The molecule has 1 aromatic heterocycles. The van der Waals surface area contributed by atoms with Crippen molar-refractivity contribution in [2.45, 2.75) is 24.1 Å². The third-order valence-corrected chi connectivity index (χ3v) is 5.31. The molecule has 88 valence electrons. The van der Waals surface area contributed by atoms with Crippen molar-refractivity contribution in [2.75, 3.05) is 12.8 Å². The number of thiophene rings is 1. The van der Waals surface area contributed by atoms with Crippen LogP contribution < -0.4 is 5.32 Å².